The van der Waals surface area contributed by atoms with Crippen LogP contribution < -0.4 is 9.47 Å². The Morgan fingerprint density at radius 1 is 1.28 bits per heavy atom. The van der Waals surface area contributed by atoms with Crippen LogP contribution in [0.15, 0.2) is 30.6 Å². The van der Waals surface area contributed by atoms with Crippen molar-refractivity contribution in [2.75, 3.05) is 19.8 Å². The Labute approximate surface area is 147 Å². The molecule has 2 aromatic rings. The van der Waals surface area contributed by atoms with Gasteiger partial charge in [-0.3, -0.25) is 9.48 Å². The van der Waals surface area contributed by atoms with Gasteiger partial charge in [0.05, 0.1) is 18.2 Å². The molecule has 1 amide bonds. The van der Waals surface area contributed by atoms with Gasteiger partial charge in [-0.2, -0.15) is 5.10 Å². The molecule has 1 aromatic carbocycles. The standard InChI is InChI=1S/C19H23N3O3/c1-13(14-5-6-17-18(10-14)25-9-8-24-17)19(23)22-7-3-4-16(22)15-11-20-21(2)12-15/h5-6,10-13,16H,3-4,7-9H2,1-2H3/t13-,16-/m0/s1. The predicted molar refractivity (Wildman–Crippen MR) is 92.7 cm³/mol. The first-order valence-corrected chi connectivity index (χ1v) is 8.82. The molecule has 0 bridgehead atoms. The first kappa shape index (κ1) is 16.0. The summed E-state index contributed by atoms with van der Waals surface area (Å²) >= 11 is 0. The largest absolute Gasteiger partial charge is 0.486 e. The fourth-order valence-electron chi connectivity index (χ4n) is 3.71. The van der Waals surface area contributed by atoms with Crippen LogP contribution in [0.3, 0.4) is 0 Å². The van der Waals surface area contributed by atoms with Gasteiger partial charge in [0.2, 0.25) is 5.91 Å². The van der Waals surface area contributed by atoms with Crippen molar-refractivity contribution in [1.82, 2.24) is 14.7 Å². The van der Waals surface area contributed by atoms with Crippen molar-refractivity contribution in [2.45, 2.75) is 31.7 Å². The average Bonchev–Trinajstić information content (AvgIpc) is 3.28. The zero-order chi connectivity index (χ0) is 17.4. The molecule has 0 aliphatic carbocycles. The summed E-state index contributed by atoms with van der Waals surface area (Å²) in [6, 6.07) is 5.93. The number of rotatable bonds is 3. The van der Waals surface area contributed by atoms with E-state index < -0.39 is 0 Å². The smallest absolute Gasteiger partial charge is 0.230 e. The minimum Gasteiger partial charge on any atom is -0.486 e. The molecule has 0 unspecified atom stereocenters. The second-order valence-electron chi connectivity index (χ2n) is 6.76. The minimum absolute atomic E-state index is 0.126. The monoisotopic (exact) mass is 341 g/mol. The molecule has 0 saturated carbocycles. The van der Waals surface area contributed by atoms with Gasteiger partial charge in [-0.05, 0) is 37.5 Å². The molecule has 6 nitrogen and oxygen atoms in total. The topological polar surface area (TPSA) is 56.6 Å². The quantitative estimate of drug-likeness (QED) is 0.861. The molecule has 6 heteroatoms. The Morgan fingerprint density at radius 3 is 2.84 bits per heavy atom. The summed E-state index contributed by atoms with van der Waals surface area (Å²) in [7, 11) is 1.91. The van der Waals surface area contributed by atoms with Crippen LogP contribution in [-0.4, -0.2) is 40.3 Å². The molecular weight excluding hydrogens is 318 g/mol. The van der Waals surface area contributed by atoms with Gasteiger partial charge in [0, 0.05) is 25.4 Å². The van der Waals surface area contributed by atoms with E-state index in [1.807, 2.05) is 49.5 Å². The third kappa shape index (κ3) is 2.97. The van der Waals surface area contributed by atoms with Crippen LogP contribution in [-0.2, 0) is 11.8 Å². The lowest BCUT2D eigenvalue weighted by molar-refractivity contribution is -0.133. The zero-order valence-corrected chi connectivity index (χ0v) is 14.6. The van der Waals surface area contributed by atoms with Crippen LogP contribution in [0.1, 0.15) is 42.9 Å². The lowest BCUT2D eigenvalue weighted by Crippen LogP contribution is -2.33. The van der Waals surface area contributed by atoms with Crippen LogP contribution in [0.25, 0.3) is 0 Å². The molecular formula is C19H23N3O3. The van der Waals surface area contributed by atoms with Crippen molar-refractivity contribution >= 4 is 5.91 Å². The summed E-state index contributed by atoms with van der Waals surface area (Å²) in [6.45, 7) is 3.88. The number of amides is 1. The van der Waals surface area contributed by atoms with Gasteiger partial charge in [0.25, 0.3) is 0 Å². The highest BCUT2D eigenvalue weighted by atomic mass is 16.6. The third-order valence-electron chi connectivity index (χ3n) is 5.08. The Balaban J connectivity index is 1.55. The molecule has 132 valence electrons. The van der Waals surface area contributed by atoms with E-state index >= 15 is 0 Å². The molecule has 25 heavy (non-hydrogen) atoms. The summed E-state index contributed by atoms with van der Waals surface area (Å²) in [5, 5.41) is 4.25. The fraction of sp³-hybridized carbons (Fsp3) is 0.474. The highest BCUT2D eigenvalue weighted by Crippen LogP contribution is 2.37. The van der Waals surface area contributed by atoms with Gasteiger partial charge in [0.15, 0.2) is 11.5 Å². The van der Waals surface area contributed by atoms with Gasteiger partial charge in [0.1, 0.15) is 13.2 Å². The highest BCUT2D eigenvalue weighted by molar-refractivity contribution is 5.84. The van der Waals surface area contributed by atoms with Gasteiger partial charge >= 0.3 is 0 Å². The summed E-state index contributed by atoms with van der Waals surface area (Å²) in [6.07, 6.45) is 5.89. The number of aromatic nitrogens is 2. The predicted octanol–water partition coefficient (Wildman–Crippen LogP) is 2.66. The van der Waals surface area contributed by atoms with E-state index in [4.69, 9.17) is 9.47 Å². The maximum absolute atomic E-state index is 13.1. The van der Waals surface area contributed by atoms with E-state index in [0.29, 0.717) is 13.2 Å². The van der Waals surface area contributed by atoms with Crippen molar-refractivity contribution in [1.29, 1.82) is 0 Å². The van der Waals surface area contributed by atoms with Gasteiger partial charge in [-0.15, -0.1) is 0 Å². The molecule has 0 N–H and O–H groups in total. The Morgan fingerprint density at radius 2 is 2.08 bits per heavy atom. The van der Waals surface area contributed by atoms with Crippen LogP contribution in [0.2, 0.25) is 0 Å². The summed E-state index contributed by atoms with van der Waals surface area (Å²) in [5.41, 5.74) is 2.08. The fourth-order valence-corrected chi connectivity index (χ4v) is 3.71. The molecule has 2 aliphatic rings. The second kappa shape index (κ2) is 6.43. The first-order chi connectivity index (χ1) is 12.1. The van der Waals surface area contributed by atoms with Gasteiger partial charge in [-0.1, -0.05) is 6.07 Å². The van der Waals surface area contributed by atoms with Crippen LogP contribution in [0.5, 0.6) is 11.5 Å². The van der Waals surface area contributed by atoms with Crippen LogP contribution in [0.4, 0.5) is 0 Å². The molecule has 4 rings (SSSR count). The van der Waals surface area contributed by atoms with Gasteiger partial charge in [-0.25, -0.2) is 0 Å². The second-order valence-corrected chi connectivity index (χ2v) is 6.76. The number of fused-ring (bicyclic) bond motifs is 1. The van der Waals surface area contributed by atoms with Crippen molar-refractivity contribution in [2.24, 2.45) is 7.05 Å². The normalized spacial score (nSPS) is 20.6. The highest BCUT2D eigenvalue weighted by Gasteiger charge is 2.33. The molecule has 2 atom stereocenters. The lowest BCUT2D eigenvalue weighted by Gasteiger charge is -2.27. The molecule has 3 heterocycles. The number of hydrogen-bond donors (Lipinski definition) is 0. The molecule has 2 aliphatic heterocycles. The number of carbonyl (C=O) groups excluding carboxylic acids is 1. The van der Waals surface area contributed by atoms with Crippen LogP contribution in [0, 0.1) is 0 Å². The Kier molecular flexibility index (Phi) is 4.11. The summed E-state index contributed by atoms with van der Waals surface area (Å²) in [4.78, 5) is 15.1. The van der Waals surface area contributed by atoms with Gasteiger partial charge < -0.3 is 14.4 Å². The maximum atomic E-state index is 13.1. The first-order valence-electron chi connectivity index (χ1n) is 8.82. The summed E-state index contributed by atoms with van der Waals surface area (Å²) in [5.74, 6) is 1.42. The maximum Gasteiger partial charge on any atom is 0.230 e. The number of hydrogen-bond acceptors (Lipinski definition) is 4. The van der Waals surface area contributed by atoms with E-state index in [0.717, 1.165) is 42.0 Å². The Hall–Kier alpha value is -2.50. The van der Waals surface area contributed by atoms with E-state index in [1.165, 1.54) is 0 Å². The number of likely N-dealkylation sites (tertiary alicyclic amines) is 1. The summed E-state index contributed by atoms with van der Waals surface area (Å²) < 4.78 is 13.0. The molecule has 1 saturated heterocycles. The Bertz CT molecular complexity index is 786. The van der Waals surface area contributed by atoms with E-state index in [1.54, 1.807) is 4.68 Å². The molecule has 1 fully saturated rings. The molecule has 1 aromatic heterocycles. The number of carbonyl (C=O) groups is 1. The third-order valence-corrected chi connectivity index (χ3v) is 5.08. The number of ether oxygens (including phenoxy) is 2. The van der Waals surface area contributed by atoms with Crippen molar-refractivity contribution in [3.8, 4) is 11.5 Å². The average molecular weight is 341 g/mol. The number of nitrogens with zero attached hydrogens (tertiary/aromatic N) is 3. The zero-order valence-electron chi connectivity index (χ0n) is 14.6. The number of benzene rings is 1. The lowest BCUT2D eigenvalue weighted by atomic mass is 9.98. The van der Waals surface area contributed by atoms with E-state index in [9.17, 15) is 4.79 Å². The van der Waals surface area contributed by atoms with Crippen molar-refractivity contribution < 1.29 is 14.3 Å². The van der Waals surface area contributed by atoms with Crippen LogP contribution >= 0.6 is 0 Å². The molecule has 0 radical (unpaired) electrons. The van der Waals surface area contributed by atoms with E-state index in [2.05, 4.69) is 5.10 Å². The SMILES string of the molecule is C[C@H](C(=O)N1CCC[C@H]1c1cnn(C)c1)c1ccc2c(c1)OCCO2. The number of aryl methyl sites for hydroxylation is 1. The van der Waals surface area contributed by atoms with E-state index in [-0.39, 0.29) is 17.9 Å². The van der Waals surface area contributed by atoms with Crippen molar-refractivity contribution in [3.63, 3.8) is 0 Å². The van der Waals surface area contributed by atoms with Crippen molar-refractivity contribution in [3.05, 3.63) is 41.7 Å². The molecule has 0 spiro atoms. The minimum atomic E-state index is -0.215.